The molecule has 0 amide bonds. The number of nitrogens with zero attached hydrogens (tertiary/aromatic N) is 9. The van der Waals surface area contributed by atoms with Gasteiger partial charge < -0.3 is 5.73 Å². The summed E-state index contributed by atoms with van der Waals surface area (Å²) < 4.78 is 3.15. The number of anilines is 1. The van der Waals surface area contributed by atoms with Crippen molar-refractivity contribution in [2.24, 2.45) is 28.1 Å². The molecule has 4 N–H and O–H groups in total. The second-order valence-electron chi connectivity index (χ2n) is 6.85. The molecule has 3 aromatic rings. The molecule has 13 heteroatoms. The summed E-state index contributed by atoms with van der Waals surface area (Å²) in [6.07, 6.45) is 0. The lowest BCUT2D eigenvalue weighted by atomic mass is 10.2. The van der Waals surface area contributed by atoms with Crippen molar-refractivity contribution in [3.05, 3.63) is 63.3 Å². The highest BCUT2D eigenvalue weighted by Crippen LogP contribution is 2.28. The Hall–Kier alpha value is -5.48. The summed E-state index contributed by atoms with van der Waals surface area (Å²) >= 11 is 0. The first-order valence-corrected chi connectivity index (χ1v) is 9.68. The number of nitrogens with one attached hydrogen (secondary N) is 2. The molecule has 0 aliphatic rings. The van der Waals surface area contributed by atoms with Crippen molar-refractivity contribution in [1.82, 2.24) is 19.6 Å². The first-order chi connectivity index (χ1) is 16.3. The van der Waals surface area contributed by atoms with Crippen molar-refractivity contribution in [3.63, 3.8) is 0 Å². The fourth-order valence-electron chi connectivity index (χ4n) is 2.91. The Morgan fingerprint density at radius 2 is 1.74 bits per heavy atom. The number of benzene rings is 1. The number of rotatable bonds is 6. The van der Waals surface area contributed by atoms with Gasteiger partial charge in [0.1, 0.15) is 18.2 Å². The van der Waals surface area contributed by atoms with Gasteiger partial charge in [-0.3, -0.25) is 20.0 Å². The van der Waals surface area contributed by atoms with E-state index in [1.54, 1.807) is 55.9 Å². The highest BCUT2D eigenvalue weighted by Gasteiger charge is 2.17. The summed E-state index contributed by atoms with van der Waals surface area (Å²) in [5.74, 6) is 0.0919. The maximum Gasteiger partial charge on any atom is 0.299 e. The van der Waals surface area contributed by atoms with E-state index >= 15 is 0 Å². The van der Waals surface area contributed by atoms with Crippen LogP contribution in [-0.2, 0) is 7.05 Å². The first-order valence-electron chi connectivity index (χ1n) is 9.68. The zero-order valence-electron chi connectivity index (χ0n) is 18.4. The van der Waals surface area contributed by atoms with Crippen molar-refractivity contribution >= 4 is 22.9 Å². The van der Waals surface area contributed by atoms with Crippen LogP contribution in [0.5, 0.6) is 0 Å². The van der Waals surface area contributed by atoms with Gasteiger partial charge in [-0.15, -0.1) is 10.2 Å². The summed E-state index contributed by atoms with van der Waals surface area (Å²) in [5, 5.41) is 46.0. The summed E-state index contributed by atoms with van der Waals surface area (Å²) in [6, 6.07) is 14.0. The largest absolute Gasteiger partial charge is 0.395 e. The van der Waals surface area contributed by atoms with Crippen LogP contribution in [0.25, 0.3) is 5.69 Å². The number of hydrogen-bond acceptors (Lipinski definition) is 10. The van der Waals surface area contributed by atoms with E-state index in [0.717, 1.165) is 0 Å². The summed E-state index contributed by atoms with van der Waals surface area (Å²) in [6.45, 7) is 3.43. The molecule has 168 valence electrons. The Labute approximate surface area is 193 Å². The molecule has 3 rings (SSSR count). The molecule has 34 heavy (non-hydrogen) atoms. The minimum absolute atomic E-state index is 0.0919. The average Bonchev–Trinajstić information content (AvgIpc) is 3.29. The van der Waals surface area contributed by atoms with Gasteiger partial charge in [0.25, 0.3) is 5.56 Å². The lowest BCUT2D eigenvalue weighted by Crippen LogP contribution is -2.19. The molecule has 0 aliphatic heterocycles. The summed E-state index contributed by atoms with van der Waals surface area (Å²) in [5.41, 5.74) is 8.78. The normalized spacial score (nSPS) is 11.0. The Bertz CT molecular complexity index is 1490. The van der Waals surface area contributed by atoms with E-state index in [1.165, 1.54) is 4.68 Å². The standard InChI is InChI=1S/C21H18N12O/c1-12-18(20(30-26-12)31-27-16(11-24)17(25)14(9-22)10-23)28-29-19-13(2)32(3)33(21(19)34)15-7-5-4-6-8-15/h4-8H,25H2,1-3H3,(H2,26,30,31)/b27-16-,29-28?. The van der Waals surface area contributed by atoms with Crippen LogP contribution in [0.3, 0.4) is 0 Å². The van der Waals surface area contributed by atoms with E-state index in [0.29, 0.717) is 17.1 Å². The van der Waals surface area contributed by atoms with E-state index in [1.807, 2.05) is 18.2 Å². The van der Waals surface area contributed by atoms with Crippen LogP contribution in [0.2, 0.25) is 0 Å². The third-order valence-corrected chi connectivity index (χ3v) is 4.82. The fraction of sp³-hybridized carbons (Fsp3) is 0.143. The van der Waals surface area contributed by atoms with E-state index < -0.39 is 5.57 Å². The average molecular weight is 454 g/mol. The molecule has 2 aromatic heterocycles. The number of H-pyrrole nitrogens is 1. The van der Waals surface area contributed by atoms with Crippen LogP contribution in [0, 0.1) is 47.8 Å². The van der Waals surface area contributed by atoms with Crippen LogP contribution < -0.4 is 16.7 Å². The van der Waals surface area contributed by atoms with Crippen molar-refractivity contribution in [2.45, 2.75) is 13.8 Å². The number of para-hydroxylation sites is 1. The van der Waals surface area contributed by atoms with E-state index in [4.69, 9.17) is 16.3 Å². The molecule has 0 radical (unpaired) electrons. The smallest absolute Gasteiger partial charge is 0.299 e. The predicted octanol–water partition coefficient (Wildman–Crippen LogP) is 2.48. The monoisotopic (exact) mass is 454 g/mol. The number of hydrogen-bond donors (Lipinski definition) is 3. The Balaban J connectivity index is 1.98. The second kappa shape index (κ2) is 9.77. The van der Waals surface area contributed by atoms with Gasteiger partial charge in [0, 0.05) is 7.05 Å². The van der Waals surface area contributed by atoms with E-state index in [2.05, 4.69) is 31.0 Å². The fourth-order valence-corrected chi connectivity index (χ4v) is 2.91. The van der Waals surface area contributed by atoms with Gasteiger partial charge >= 0.3 is 0 Å². The Kier molecular flexibility index (Phi) is 6.66. The second-order valence-corrected chi connectivity index (χ2v) is 6.85. The van der Waals surface area contributed by atoms with Crippen LogP contribution in [0.1, 0.15) is 11.4 Å². The van der Waals surface area contributed by atoms with Crippen molar-refractivity contribution in [1.29, 1.82) is 15.8 Å². The number of aryl methyl sites for hydroxylation is 1. The van der Waals surface area contributed by atoms with Gasteiger partial charge in [-0.2, -0.15) is 26.0 Å². The molecule has 0 fully saturated rings. The van der Waals surface area contributed by atoms with Crippen LogP contribution in [0.4, 0.5) is 17.2 Å². The summed E-state index contributed by atoms with van der Waals surface area (Å²) in [4.78, 5) is 13.0. The zero-order chi connectivity index (χ0) is 24.8. The molecule has 0 aliphatic carbocycles. The number of allylic oxidation sites excluding steroid dienone is 2. The molecule has 0 saturated carbocycles. The van der Waals surface area contributed by atoms with Crippen molar-refractivity contribution < 1.29 is 0 Å². The molecular formula is C21H18N12O. The number of nitriles is 3. The van der Waals surface area contributed by atoms with Gasteiger partial charge in [-0.05, 0) is 26.0 Å². The highest BCUT2D eigenvalue weighted by atomic mass is 16.1. The van der Waals surface area contributed by atoms with Crippen molar-refractivity contribution in [3.8, 4) is 23.9 Å². The number of aromatic amines is 1. The predicted molar refractivity (Wildman–Crippen MR) is 122 cm³/mol. The van der Waals surface area contributed by atoms with Crippen LogP contribution in [-0.4, -0.2) is 25.3 Å². The molecule has 2 heterocycles. The number of nitrogens with two attached hydrogens (primary N) is 1. The van der Waals surface area contributed by atoms with Crippen LogP contribution in [0.15, 0.2) is 61.7 Å². The van der Waals surface area contributed by atoms with Gasteiger partial charge in [-0.25, -0.2) is 4.68 Å². The van der Waals surface area contributed by atoms with Gasteiger partial charge in [0.15, 0.2) is 28.5 Å². The van der Waals surface area contributed by atoms with Gasteiger partial charge in [0.05, 0.1) is 22.8 Å². The molecule has 0 atom stereocenters. The van der Waals surface area contributed by atoms with E-state index in [9.17, 15) is 10.1 Å². The lowest BCUT2D eigenvalue weighted by molar-refractivity contribution is 0.630. The van der Waals surface area contributed by atoms with Gasteiger partial charge in [-0.1, -0.05) is 18.2 Å². The van der Waals surface area contributed by atoms with E-state index in [-0.39, 0.29) is 34.2 Å². The number of aromatic nitrogens is 4. The molecule has 0 bridgehead atoms. The molecule has 0 saturated heterocycles. The Morgan fingerprint density at radius 3 is 2.35 bits per heavy atom. The SMILES string of the molecule is Cc1[nH]nc(N/N=C(/C#N)C(N)=C(C#N)C#N)c1N=Nc1c(C)n(C)n(-c2ccccc2)c1=O. The molecular weight excluding hydrogens is 436 g/mol. The van der Waals surface area contributed by atoms with Crippen molar-refractivity contribution in [2.75, 3.05) is 5.43 Å². The molecule has 13 nitrogen and oxygen atoms in total. The lowest BCUT2D eigenvalue weighted by Gasteiger charge is -2.07. The maximum absolute atomic E-state index is 13.0. The molecule has 0 spiro atoms. The highest BCUT2D eigenvalue weighted by molar-refractivity contribution is 6.12. The minimum atomic E-state index is -0.450. The third kappa shape index (κ3) is 4.28. The number of azo groups is 1. The molecule has 1 aromatic carbocycles. The van der Waals surface area contributed by atoms with Crippen LogP contribution >= 0.6 is 0 Å². The first kappa shape index (κ1) is 23.2. The Morgan fingerprint density at radius 1 is 1.09 bits per heavy atom. The van der Waals surface area contributed by atoms with Gasteiger partial charge in [0.2, 0.25) is 0 Å². The molecule has 0 unspecified atom stereocenters. The number of hydrazone groups is 1. The minimum Gasteiger partial charge on any atom is -0.395 e. The maximum atomic E-state index is 13.0. The zero-order valence-corrected chi connectivity index (χ0v) is 18.4. The summed E-state index contributed by atoms with van der Waals surface area (Å²) in [7, 11) is 1.74. The topological polar surface area (TPSA) is 202 Å². The quantitative estimate of drug-likeness (QED) is 0.219. The third-order valence-electron chi connectivity index (χ3n) is 4.82.